The first-order valence-corrected chi connectivity index (χ1v) is 6.67. The molecule has 1 heterocycles. The number of aromatic nitrogens is 2. The van der Waals surface area contributed by atoms with Gasteiger partial charge in [0.25, 0.3) is 0 Å². The van der Waals surface area contributed by atoms with Crippen molar-refractivity contribution >= 4 is 17.5 Å². The Labute approximate surface area is 123 Å². The smallest absolute Gasteiger partial charge is 0.334 e. The standard InChI is InChI=1S/C13H22N4O4/c1-8(2)10-11(17(20)21)12(15(6)14-10)16(7-9(18)19)13(3,4)5/h8H,7H2,1-6H3,(H,18,19). The Hall–Kier alpha value is -2.12. The first-order chi connectivity index (χ1) is 9.46. The summed E-state index contributed by atoms with van der Waals surface area (Å²) >= 11 is 0. The highest BCUT2D eigenvalue weighted by Gasteiger charge is 2.36. The van der Waals surface area contributed by atoms with Crippen molar-refractivity contribution in [1.29, 1.82) is 0 Å². The number of aryl methyl sites for hydroxylation is 1. The number of aliphatic carboxylic acids is 1. The molecule has 0 saturated heterocycles. The van der Waals surface area contributed by atoms with Crippen molar-refractivity contribution in [3.05, 3.63) is 15.8 Å². The molecule has 0 amide bonds. The van der Waals surface area contributed by atoms with Crippen molar-refractivity contribution in [2.24, 2.45) is 7.05 Å². The van der Waals surface area contributed by atoms with Gasteiger partial charge in [0.1, 0.15) is 12.2 Å². The van der Waals surface area contributed by atoms with Gasteiger partial charge in [0.15, 0.2) is 0 Å². The molecule has 1 aromatic rings. The number of nitro groups is 1. The van der Waals surface area contributed by atoms with Crippen molar-refractivity contribution in [2.75, 3.05) is 11.4 Å². The van der Waals surface area contributed by atoms with Gasteiger partial charge in [-0.2, -0.15) is 5.10 Å². The van der Waals surface area contributed by atoms with Gasteiger partial charge in [0, 0.05) is 18.5 Å². The van der Waals surface area contributed by atoms with Gasteiger partial charge >= 0.3 is 11.7 Å². The maximum Gasteiger partial charge on any atom is 0.334 e. The topological polar surface area (TPSA) is 102 Å². The number of carbonyl (C=O) groups is 1. The van der Waals surface area contributed by atoms with Crippen LogP contribution in [0.5, 0.6) is 0 Å². The molecule has 118 valence electrons. The number of nitrogens with zero attached hydrogens (tertiary/aromatic N) is 4. The van der Waals surface area contributed by atoms with Crippen LogP contribution in [0.4, 0.5) is 11.5 Å². The molecular formula is C13H22N4O4. The highest BCUT2D eigenvalue weighted by molar-refractivity contribution is 5.76. The van der Waals surface area contributed by atoms with Crippen LogP contribution >= 0.6 is 0 Å². The van der Waals surface area contributed by atoms with Crippen molar-refractivity contribution in [3.63, 3.8) is 0 Å². The first-order valence-electron chi connectivity index (χ1n) is 6.67. The fourth-order valence-electron chi connectivity index (χ4n) is 2.16. The molecular weight excluding hydrogens is 276 g/mol. The molecule has 1 rings (SSSR count). The summed E-state index contributed by atoms with van der Waals surface area (Å²) in [5, 5.41) is 24.8. The van der Waals surface area contributed by atoms with Crippen LogP contribution in [-0.4, -0.2) is 37.9 Å². The minimum Gasteiger partial charge on any atom is -0.480 e. The highest BCUT2D eigenvalue weighted by Crippen LogP contribution is 2.37. The number of anilines is 1. The van der Waals surface area contributed by atoms with Crippen LogP contribution in [0.2, 0.25) is 0 Å². The summed E-state index contributed by atoms with van der Waals surface area (Å²) in [6, 6.07) is 0. The lowest BCUT2D eigenvalue weighted by Gasteiger charge is -2.35. The van der Waals surface area contributed by atoms with Crippen LogP contribution in [0.1, 0.15) is 46.2 Å². The van der Waals surface area contributed by atoms with E-state index < -0.39 is 16.4 Å². The van der Waals surface area contributed by atoms with Crippen molar-refractivity contribution < 1.29 is 14.8 Å². The van der Waals surface area contributed by atoms with Gasteiger partial charge in [0.2, 0.25) is 5.82 Å². The van der Waals surface area contributed by atoms with Crippen molar-refractivity contribution in [1.82, 2.24) is 9.78 Å². The van der Waals surface area contributed by atoms with E-state index in [1.165, 1.54) is 9.58 Å². The lowest BCUT2D eigenvalue weighted by Crippen LogP contribution is -2.45. The van der Waals surface area contributed by atoms with Gasteiger partial charge < -0.3 is 10.0 Å². The number of hydrogen-bond acceptors (Lipinski definition) is 5. The summed E-state index contributed by atoms with van der Waals surface area (Å²) in [6.45, 7) is 8.72. The quantitative estimate of drug-likeness (QED) is 0.660. The Kier molecular flexibility index (Phi) is 4.60. The molecule has 0 atom stereocenters. The second kappa shape index (κ2) is 5.71. The van der Waals surface area contributed by atoms with Gasteiger partial charge in [-0.05, 0) is 20.8 Å². The molecule has 0 bridgehead atoms. The fraction of sp³-hybridized carbons (Fsp3) is 0.692. The van der Waals surface area contributed by atoms with Crippen LogP contribution in [0.25, 0.3) is 0 Å². The van der Waals surface area contributed by atoms with E-state index in [1.54, 1.807) is 7.05 Å². The molecule has 0 fully saturated rings. The predicted molar refractivity (Wildman–Crippen MR) is 78.7 cm³/mol. The zero-order valence-electron chi connectivity index (χ0n) is 13.2. The summed E-state index contributed by atoms with van der Waals surface area (Å²) in [4.78, 5) is 23.6. The van der Waals surface area contributed by atoms with Gasteiger partial charge in [-0.3, -0.25) is 14.9 Å². The van der Waals surface area contributed by atoms with E-state index in [0.717, 1.165) is 0 Å². The number of carboxylic acids is 1. The van der Waals surface area contributed by atoms with Crippen LogP contribution in [0, 0.1) is 10.1 Å². The molecule has 0 unspecified atom stereocenters. The number of rotatable bonds is 5. The van der Waals surface area contributed by atoms with Gasteiger partial charge in [0.05, 0.1) is 4.92 Å². The third-order valence-corrected chi connectivity index (χ3v) is 3.11. The van der Waals surface area contributed by atoms with E-state index in [9.17, 15) is 14.9 Å². The van der Waals surface area contributed by atoms with E-state index in [4.69, 9.17) is 5.11 Å². The van der Waals surface area contributed by atoms with E-state index >= 15 is 0 Å². The lowest BCUT2D eigenvalue weighted by atomic mass is 10.0. The van der Waals surface area contributed by atoms with Crippen molar-refractivity contribution in [3.8, 4) is 0 Å². The Morgan fingerprint density at radius 3 is 2.33 bits per heavy atom. The predicted octanol–water partition coefficient (Wildman–Crippen LogP) is 2.14. The zero-order valence-corrected chi connectivity index (χ0v) is 13.2. The summed E-state index contributed by atoms with van der Waals surface area (Å²) in [7, 11) is 1.59. The maximum atomic E-state index is 11.5. The summed E-state index contributed by atoms with van der Waals surface area (Å²) in [6.07, 6.45) is 0. The third-order valence-electron chi connectivity index (χ3n) is 3.11. The van der Waals surface area contributed by atoms with Gasteiger partial charge in [-0.25, -0.2) is 4.68 Å². The zero-order chi connectivity index (χ0) is 16.5. The van der Waals surface area contributed by atoms with Crippen LogP contribution < -0.4 is 4.90 Å². The largest absolute Gasteiger partial charge is 0.480 e. The third kappa shape index (κ3) is 3.50. The molecule has 0 aromatic carbocycles. The van der Waals surface area contributed by atoms with Crippen LogP contribution in [0.3, 0.4) is 0 Å². The monoisotopic (exact) mass is 298 g/mol. The molecule has 0 saturated carbocycles. The normalized spacial score (nSPS) is 11.8. The first kappa shape index (κ1) is 16.9. The number of carboxylic acid groups (broad SMARTS) is 1. The Morgan fingerprint density at radius 2 is 2.00 bits per heavy atom. The summed E-state index contributed by atoms with van der Waals surface area (Å²) in [5.74, 6) is -0.956. The average Bonchev–Trinajstić information content (AvgIpc) is 2.62. The van der Waals surface area contributed by atoms with Crippen LogP contribution in [-0.2, 0) is 11.8 Å². The molecule has 0 aliphatic carbocycles. The Balaban J connectivity index is 3.58. The highest BCUT2D eigenvalue weighted by atomic mass is 16.6. The Morgan fingerprint density at radius 1 is 1.48 bits per heavy atom. The fourth-order valence-corrected chi connectivity index (χ4v) is 2.16. The molecule has 0 aliphatic heterocycles. The molecule has 8 nitrogen and oxygen atoms in total. The average molecular weight is 298 g/mol. The van der Waals surface area contributed by atoms with Crippen molar-refractivity contribution in [2.45, 2.75) is 46.1 Å². The maximum absolute atomic E-state index is 11.5. The summed E-state index contributed by atoms with van der Waals surface area (Å²) in [5.41, 5.74) is -0.355. The van der Waals surface area contributed by atoms with Crippen LogP contribution in [0.15, 0.2) is 0 Å². The molecule has 0 radical (unpaired) electrons. The molecule has 1 aromatic heterocycles. The minimum atomic E-state index is -1.05. The van der Waals surface area contributed by atoms with E-state index in [1.807, 2.05) is 34.6 Å². The second-order valence-electron chi connectivity index (χ2n) is 6.24. The second-order valence-corrected chi connectivity index (χ2v) is 6.24. The molecule has 8 heteroatoms. The van der Waals surface area contributed by atoms with E-state index in [2.05, 4.69) is 5.10 Å². The van der Waals surface area contributed by atoms with E-state index in [-0.39, 0.29) is 24.0 Å². The molecule has 21 heavy (non-hydrogen) atoms. The lowest BCUT2D eigenvalue weighted by molar-refractivity contribution is -0.385. The van der Waals surface area contributed by atoms with Gasteiger partial charge in [-0.1, -0.05) is 13.8 Å². The SMILES string of the molecule is CC(C)c1nn(C)c(N(CC(=O)O)C(C)(C)C)c1[N+](=O)[O-]. The van der Waals surface area contributed by atoms with E-state index in [0.29, 0.717) is 5.69 Å². The molecule has 0 spiro atoms. The molecule has 0 aliphatic rings. The Bertz CT molecular complexity index is 557. The minimum absolute atomic E-state index is 0.122. The summed E-state index contributed by atoms with van der Waals surface area (Å²) < 4.78 is 1.39. The van der Waals surface area contributed by atoms with Gasteiger partial charge in [-0.15, -0.1) is 0 Å². The molecule has 1 N–H and O–H groups in total. The number of hydrogen-bond donors (Lipinski definition) is 1.